The SMILES string of the molecule is Cc1ccc(S(=O)(=O)N(CC(=O)N(Cc2cccc(Br)c2)C(Cc2ccccc2)C(=O)NC2CCCC2)c2ccc(Cl)c(C(F)(F)F)c2)cc1. The number of aryl methyl sites for hydroxylation is 1. The highest BCUT2D eigenvalue weighted by Gasteiger charge is 2.38. The largest absolute Gasteiger partial charge is 0.417 e. The average molecular weight is 791 g/mol. The van der Waals surface area contributed by atoms with E-state index >= 15 is 0 Å². The number of anilines is 1. The Bertz CT molecular complexity index is 1920. The summed E-state index contributed by atoms with van der Waals surface area (Å²) in [5, 5.41) is 2.47. The summed E-state index contributed by atoms with van der Waals surface area (Å²) in [6.45, 7) is 0.779. The predicted octanol–water partition coefficient (Wildman–Crippen LogP) is 8.32. The molecule has 1 saturated carbocycles. The lowest BCUT2D eigenvalue weighted by molar-refractivity contribution is -0.140. The van der Waals surface area contributed by atoms with Crippen molar-refractivity contribution < 1.29 is 31.2 Å². The summed E-state index contributed by atoms with van der Waals surface area (Å²) >= 11 is 9.36. The van der Waals surface area contributed by atoms with Gasteiger partial charge in [-0.05, 0) is 73.4 Å². The Morgan fingerprint density at radius 3 is 2.22 bits per heavy atom. The maximum Gasteiger partial charge on any atom is 0.417 e. The molecular weight excluding hydrogens is 755 g/mol. The molecule has 5 rings (SSSR count). The van der Waals surface area contributed by atoms with Gasteiger partial charge in [-0.2, -0.15) is 13.2 Å². The number of hydrogen-bond donors (Lipinski definition) is 1. The zero-order chi connectivity index (χ0) is 36.1. The molecule has 2 amide bonds. The number of carbonyl (C=O) groups excluding carboxylic acids is 2. The maximum atomic E-state index is 14.7. The monoisotopic (exact) mass is 789 g/mol. The minimum atomic E-state index is -4.90. The molecule has 50 heavy (non-hydrogen) atoms. The lowest BCUT2D eigenvalue weighted by Gasteiger charge is -2.34. The number of nitrogens with one attached hydrogen (secondary N) is 1. The topological polar surface area (TPSA) is 86.8 Å². The van der Waals surface area contributed by atoms with Crippen molar-refractivity contribution in [3.05, 3.63) is 129 Å². The Morgan fingerprint density at radius 2 is 1.58 bits per heavy atom. The number of nitrogens with zero attached hydrogens (tertiary/aromatic N) is 2. The summed E-state index contributed by atoms with van der Waals surface area (Å²) in [6.07, 6.45) is -1.27. The number of sulfonamides is 1. The van der Waals surface area contributed by atoms with Gasteiger partial charge in [0.25, 0.3) is 10.0 Å². The van der Waals surface area contributed by atoms with Crippen molar-refractivity contribution in [2.24, 2.45) is 0 Å². The lowest BCUT2D eigenvalue weighted by Crippen LogP contribution is -2.54. The maximum absolute atomic E-state index is 14.7. The first kappa shape index (κ1) is 37.4. The summed E-state index contributed by atoms with van der Waals surface area (Å²) in [5.74, 6) is -1.19. The number of amides is 2. The molecule has 7 nitrogen and oxygen atoms in total. The van der Waals surface area contributed by atoms with Crippen LogP contribution in [0.15, 0.2) is 106 Å². The molecule has 4 aromatic rings. The van der Waals surface area contributed by atoms with Crippen molar-refractivity contribution in [3.8, 4) is 0 Å². The Kier molecular flexibility index (Phi) is 12.0. The summed E-state index contributed by atoms with van der Waals surface area (Å²) < 4.78 is 71.9. The first-order chi connectivity index (χ1) is 23.7. The van der Waals surface area contributed by atoms with E-state index in [1.54, 1.807) is 43.3 Å². The molecule has 1 aliphatic carbocycles. The van der Waals surface area contributed by atoms with Gasteiger partial charge >= 0.3 is 6.18 Å². The van der Waals surface area contributed by atoms with E-state index in [-0.39, 0.29) is 23.9 Å². The lowest BCUT2D eigenvalue weighted by atomic mass is 10.0. The van der Waals surface area contributed by atoms with E-state index in [4.69, 9.17) is 11.6 Å². The molecule has 1 aliphatic rings. The summed E-state index contributed by atoms with van der Waals surface area (Å²) in [6, 6.07) is 23.6. The highest BCUT2D eigenvalue weighted by molar-refractivity contribution is 9.10. The smallest absolute Gasteiger partial charge is 0.352 e. The standard InChI is InChI=1S/C37H36BrClF3N3O4S/c1-25-14-17-31(18-15-25)50(48,49)45(30-16-19-33(39)32(22-30)37(40,41)42)24-35(46)44(23-27-10-7-11-28(38)20-27)34(21-26-8-3-2-4-9-26)36(47)43-29-12-5-6-13-29/h2-4,7-11,14-20,22,29,34H,5-6,12-13,21,23-24H2,1H3,(H,43,47). The zero-order valence-electron chi connectivity index (χ0n) is 27.2. The second-order valence-corrected chi connectivity index (χ2v) is 15.5. The van der Waals surface area contributed by atoms with Gasteiger partial charge in [0, 0.05) is 23.5 Å². The van der Waals surface area contributed by atoms with Crippen LogP contribution in [0.5, 0.6) is 0 Å². The van der Waals surface area contributed by atoms with Crippen LogP contribution in [0.4, 0.5) is 18.9 Å². The third-order valence-corrected chi connectivity index (χ3v) is 11.3. The number of alkyl halides is 3. The van der Waals surface area contributed by atoms with Gasteiger partial charge in [0.15, 0.2) is 0 Å². The molecule has 0 radical (unpaired) electrons. The van der Waals surface area contributed by atoms with E-state index < -0.39 is 56.9 Å². The van der Waals surface area contributed by atoms with E-state index in [2.05, 4.69) is 21.2 Å². The van der Waals surface area contributed by atoms with Crippen LogP contribution in [-0.4, -0.2) is 43.8 Å². The van der Waals surface area contributed by atoms with Gasteiger partial charge < -0.3 is 10.2 Å². The molecule has 1 fully saturated rings. The molecule has 0 aliphatic heterocycles. The van der Waals surface area contributed by atoms with Crippen molar-refractivity contribution in [1.82, 2.24) is 10.2 Å². The van der Waals surface area contributed by atoms with Crippen LogP contribution in [0.3, 0.4) is 0 Å². The number of halogens is 5. The number of benzene rings is 4. The van der Waals surface area contributed by atoms with Crippen LogP contribution in [0, 0.1) is 6.92 Å². The van der Waals surface area contributed by atoms with Crippen LogP contribution < -0.4 is 9.62 Å². The highest BCUT2D eigenvalue weighted by Crippen LogP contribution is 2.38. The molecule has 1 unspecified atom stereocenters. The van der Waals surface area contributed by atoms with E-state index in [1.807, 2.05) is 30.3 Å². The van der Waals surface area contributed by atoms with Gasteiger partial charge in [0.05, 0.1) is 21.2 Å². The molecule has 1 atom stereocenters. The number of rotatable bonds is 12. The fourth-order valence-corrected chi connectivity index (χ4v) is 8.08. The van der Waals surface area contributed by atoms with Gasteiger partial charge in [-0.3, -0.25) is 13.9 Å². The minimum absolute atomic E-state index is 0.0723. The molecule has 0 aromatic heterocycles. The third kappa shape index (κ3) is 9.26. The molecule has 13 heteroatoms. The third-order valence-electron chi connectivity index (χ3n) is 8.65. The normalized spacial score (nSPS) is 14.3. The Morgan fingerprint density at radius 1 is 0.920 bits per heavy atom. The minimum Gasteiger partial charge on any atom is -0.352 e. The van der Waals surface area contributed by atoms with E-state index in [0.717, 1.165) is 53.4 Å². The van der Waals surface area contributed by atoms with Gasteiger partial charge in [-0.25, -0.2) is 8.42 Å². The highest BCUT2D eigenvalue weighted by atomic mass is 79.9. The molecule has 0 saturated heterocycles. The number of hydrogen-bond acceptors (Lipinski definition) is 4. The second kappa shape index (κ2) is 16.0. The fraction of sp³-hybridized carbons (Fsp3) is 0.297. The number of carbonyl (C=O) groups is 2. The zero-order valence-corrected chi connectivity index (χ0v) is 30.3. The van der Waals surface area contributed by atoms with Crippen molar-refractivity contribution in [1.29, 1.82) is 0 Å². The molecule has 4 aromatic carbocycles. The Labute approximate surface area is 303 Å². The van der Waals surface area contributed by atoms with Crippen molar-refractivity contribution >= 4 is 55.1 Å². The molecule has 0 bridgehead atoms. The first-order valence-electron chi connectivity index (χ1n) is 16.1. The van der Waals surface area contributed by atoms with Crippen molar-refractivity contribution in [3.63, 3.8) is 0 Å². The van der Waals surface area contributed by atoms with Gasteiger partial charge in [0.1, 0.15) is 12.6 Å². The summed E-state index contributed by atoms with van der Waals surface area (Å²) in [7, 11) is -4.61. The van der Waals surface area contributed by atoms with Crippen molar-refractivity contribution in [2.75, 3.05) is 10.8 Å². The second-order valence-electron chi connectivity index (χ2n) is 12.3. The Hall–Kier alpha value is -3.87. The Balaban J connectivity index is 1.61. The molecular formula is C37H36BrClF3N3O4S. The fourth-order valence-electron chi connectivity index (χ4n) is 6.01. The quantitative estimate of drug-likeness (QED) is 0.157. The van der Waals surface area contributed by atoms with E-state index in [9.17, 15) is 31.2 Å². The molecule has 0 heterocycles. The molecule has 264 valence electrons. The summed E-state index contributed by atoms with van der Waals surface area (Å²) in [5.41, 5.74) is 0.515. The van der Waals surface area contributed by atoms with E-state index in [0.29, 0.717) is 15.9 Å². The van der Waals surface area contributed by atoms with Crippen LogP contribution in [0.25, 0.3) is 0 Å². The van der Waals surface area contributed by atoms with Crippen LogP contribution in [0.1, 0.15) is 47.9 Å². The van der Waals surface area contributed by atoms with Crippen LogP contribution in [-0.2, 0) is 38.8 Å². The van der Waals surface area contributed by atoms with Crippen LogP contribution >= 0.6 is 27.5 Å². The van der Waals surface area contributed by atoms with Gasteiger partial charge in [-0.1, -0.05) is 101 Å². The predicted molar refractivity (Wildman–Crippen MR) is 191 cm³/mol. The summed E-state index contributed by atoms with van der Waals surface area (Å²) in [4.78, 5) is 29.9. The average Bonchev–Trinajstić information content (AvgIpc) is 3.58. The first-order valence-corrected chi connectivity index (χ1v) is 18.7. The van der Waals surface area contributed by atoms with Gasteiger partial charge in [0.2, 0.25) is 11.8 Å². The molecule has 0 spiro atoms. The van der Waals surface area contributed by atoms with Crippen LogP contribution in [0.2, 0.25) is 5.02 Å². The van der Waals surface area contributed by atoms with Crippen molar-refractivity contribution in [2.45, 2.75) is 68.7 Å². The molecule has 1 N–H and O–H groups in total. The van der Waals surface area contributed by atoms with E-state index in [1.165, 1.54) is 17.0 Å². The van der Waals surface area contributed by atoms with Gasteiger partial charge in [-0.15, -0.1) is 0 Å².